The minimum absolute atomic E-state index is 0.557. The second kappa shape index (κ2) is 4.80. The number of rotatable bonds is 2. The molecule has 3 rings (SSSR count). The summed E-state index contributed by atoms with van der Waals surface area (Å²) >= 11 is 0. The number of aryl methyl sites for hydroxylation is 1. The Morgan fingerprint density at radius 2 is 1.83 bits per heavy atom. The first-order valence-electron chi connectivity index (χ1n) is 6.48. The normalized spacial score (nSPS) is 17.1. The Morgan fingerprint density at radius 3 is 2.50 bits per heavy atom. The molecule has 1 aliphatic heterocycles. The monoisotopic (exact) mass is 242 g/mol. The number of nitrogens with zero attached hydrogens (tertiary/aromatic N) is 4. The molecule has 94 valence electrons. The maximum absolute atomic E-state index is 3.89. The van der Waals surface area contributed by atoms with E-state index < -0.39 is 0 Å². The van der Waals surface area contributed by atoms with Crippen LogP contribution in [0.15, 0.2) is 36.9 Å². The highest BCUT2D eigenvalue weighted by Crippen LogP contribution is 2.26. The van der Waals surface area contributed by atoms with Crippen LogP contribution in [0.1, 0.15) is 24.4 Å². The molecule has 0 radical (unpaired) electrons. The van der Waals surface area contributed by atoms with Crippen LogP contribution in [-0.2, 0) is 0 Å². The van der Waals surface area contributed by atoms with Crippen LogP contribution in [0.3, 0.4) is 0 Å². The van der Waals surface area contributed by atoms with Gasteiger partial charge in [0.15, 0.2) is 0 Å². The van der Waals surface area contributed by atoms with Gasteiger partial charge in [0, 0.05) is 24.8 Å². The van der Waals surface area contributed by atoms with E-state index in [0.29, 0.717) is 6.04 Å². The molecule has 0 N–H and O–H groups in total. The molecule has 1 saturated heterocycles. The van der Waals surface area contributed by atoms with Gasteiger partial charge in [-0.2, -0.15) is 0 Å². The van der Waals surface area contributed by atoms with Crippen LogP contribution in [0.5, 0.6) is 0 Å². The van der Waals surface area contributed by atoms with E-state index in [2.05, 4.69) is 50.9 Å². The summed E-state index contributed by atoms with van der Waals surface area (Å²) in [6, 6.07) is 9.30. The van der Waals surface area contributed by atoms with E-state index in [9.17, 15) is 0 Å². The average Bonchev–Trinajstić information content (AvgIpc) is 2.93. The van der Waals surface area contributed by atoms with E-state index in [0.717, 1.165) is 25.9 Å². The molecule has 0 aliphatic carbocycles. The van der Waals surface area contributed by atoms with Gasteiger partial charge in [-0.3, -0.25) is 0 Å². The molecule has 1 aromatic heterocycles. The third-order valence-electron chi connectivity index (χ3n) is 3.69. The van der Waals surface area contributed by atoms with Crippen molar-refractivity contribution in [1.29, 1.82) is 0 Å². The number of anilines is 1. The lowest BCUT2D eigenvalue weighted by atomic mass is 10.0. The smallest absolute Gasteiger partial charge is 0.119 e. The number of benzene rings is 1. The summed E-state index contributed by atoms with van der Waals surface area (Å²) in [4.78, 5) is 2.47. The quantitative estimate of drug-likeness (QED) is 0.811. The first-order chi connectivity index (χ1) is 8.83. The molecule has 4 nitrogen and oxygen atoms in total. The van der Waals surface area contributed by atoms with E-state index in [1.807, 2.05) is 12.7 Å². The van der Waals surface area contributed by atoms with Crippen molar-refractivity contribution in [1.82, 2.24) is 14.8 Å². The Labute approximate surface area is 107 Å². The Hall–Kier alpha value is -1.84. The van der Waals surface area contributed by atoms with Crippen LogP contribution in [0, 0.1) is 6.92 Å². The second-order valence-electron chi connectivity index (χ2n) is 4.97. The standard InChI is InChI=1S/C14H18N4/c1-12-3-2-4-14(9-12)17-7-5-13(6-8-17)18-10-15-16-11-18/h2-4,9-11,13H,5-8H2,1H3. The topological polar surface area (TPSA) is 34.0 Å². The van der Waals surface area contributed by atoms with Gasteiger partial charge in [0.1, 0.15) is 12.7 Å². The van der Waals surface area contributed by atoms with Gasteiger partial charge in [-0.15, -0.1) is 10.2 Å². The third-order valence-corrected chi connectivity index (χ3v) is 3.69. The zero-order valence-corrected chi connectivity index (χ0v) is 10.7. The molecule has 2 heterocycles. The molecule has 0 atom stereocenters. The maximum atomic E-state index is 3.89. The van der Waals surface area contributed by atoms with Crippen LogP contribution >= 0.6 is 0 Å². The summed E-state index contributed by atoms with van der Waals surface area (Å²) in [6.07, 6.45) is 5.97. The average molecular weight is 242 g/mol. The van der Waals surface area contributed by atoms with Gasteiger partial charge in [0.25, 0.3) is 0 Å². The number of aromatic nitrogens is 3. The zero-order chi connectivity index (χ0) is 12.4. The Balaban J connectivity index is 1.67. The molecule has 18 heavy (non-hydrogen) atoms. The summed E-state index contributed by atoms with van der Waals surface area (Å²) in [6.45, 7) is 4.35. The van der Waals surface area contributed by atoms with E-state index >= 15 is 0 Å². The van der Waals surface area contributed by atoms with Crippen molar-refractivity contribution in [3.63, 3.8) is 0 Å². The highest BCUT2D eigenvalue weighted by atomic mass is 15.3. The van der Waals surface area contributed by atoms with Gasteiger partial charge in [0.2, 0.25) is 0 Å². The fraction of sp³-hybridized carbons (Fsp3) is 0.429. The van der Waals surface area contributed by atoms with Gasteiger partial charge in [-0.25, -0.2) is 0 Å². The molecule has 0 saturated carbocycles. The molecule has 0 amide bonds. The van der Waals surface area contributed by atoms with Crippen molar-refractivity contribution in [2.45, 2.75) is 25.8 Å². The predicted octanol–water partition coefficient (Wildman–Crippen LogP) is 2.43. The molecule has 1 fully saturated rings. The van der Waals surface area contributed by atoms with Crippen molar-refractivity contribution in [2.24, 2.45) is 0 Å². The molecule has 1 aromatic carbocycles. The Bertz CT molecular complexity index is 498. The summed E-state index contributed by atoms with van der Waals surface area (Å²) in [5.41, 5.74) is 2.67. The Morgan fingerprint density at radius 1 is 1.11 bits per heavy atom. The van der Waals surface area contributed by atoms with Crippen LogP contribution in [0.2, 0.25) is 0 Å². The fourth-order valence-corrected chi connectivity index (χ4v) is 2.64. The summed E-state index contributed by atoms with van der Waals surface area (Å²) in [5.74, 6) is 0. The fourth-order valence-electron chi connectivity index (χ4n) is 2.64. The first-order valence-corrected chi connectivity index (χ1v) is 6.48. The maximum Gasteiger partial charge on any atom is 0.119 e. The minimum atomic E-state index is 0.557. The number of piperidine rings is 1. The minimum Gasteiger partial charge on any atom is -0.371 e. The van der Waals surface area contributed by atoms with Crippen molar-refractivity contribution in [3.8, 4) is 0 Å². The summed E-state index contributed by atoms with van der Waals surface area (Å²) in [5, 5.41) is 7.77. The largest absolute Gasteiger partial charge is 0.371 e. The lowest BCUT2D eigenvalue weighted by molar-refractivity contribution is 0.395. The van der Waals surface area contributed by atoms with E-state index in [1.54, 1.807) is 0 Å². The SMILES string of the molecule is Cc1cccc(N2CCC(n3cnnc3)CC2)c1. The van der Waals surface area contributed by atoms with Crippen LogP contribution in [0.4, 0.5) is 5.69 Å². The number of hydrogen-bond acceptors (Lipinski definition) is 3. The molecule has 1 aliphatic rings. The van der Waals surface area contributed by atoms with Gasteiger partial charge in [-0.05, 0) is 37.5 Å². The van der Waals surface area contributed by atoms with Crippen molar-refractivity contribution in [2.75, 3.05) is 18.0 Å². The van der Waals surface area contributed by atoms with Crippen molar-refractivity contribution < 1.29 is 0 Å². The first kappa shape index (κ1) is 11.3. The highest BCUT2D eigenvalue weighted by Gasteiger charge is 2.20. The molecular weight excluding hydrogens is 224 g/mol. The van der Waals surface area contributed by atoms with Gasteiger partial charge in [-0.1, -0.05) is 12.1 Å². The summed E-state index contributed by atoms with van der Waals surface area (Å²) in [7, 11) is 0. The number of hydrogen-bond donors (Lipinski definition) is 0. The van der Waals surface area contributed by atoms with Crippen molar-refractivity contribution >= 4 is 5.69 Å². The van der Waals surface area contributed by atoms with E-state index in [1.165, 1.54) is 11.3 Å². The molecule has 4 heteroatoms. The summed E-state index contributed by atoms with van der Waals surface area (Å²) < 4.78 is 2.13. The predicted molar refractivity (Wildman–Crippen MR) is 71.7 cm³/mol. The van der Waals surface area contributed by atoms with Gasteiger partial charge >= 0.3 is 0 Å². The van der Waals surface area contributed by atoms with Gasteiger partial charge < -0.3 is 9.47 Å². The molecule has 0 unspecified atom stereocenters. The van der Waals surface area contributed by atoms with Crippen LogP contribution in [-0.4, -0.2) is 27.9 Å². The van der Waals surface area contributed by atoms with Crippen molar-refractivity contribution in [3.05, 3.63) is 42.5 Å². The molecule has 0 bridgehead atoms. The highest BCUT2D eigenvalue weighted by molar-refractivity contribution is 5.48. The molecule has 2 aromatic rings. The van der Waals surface area contributed by atoms with Crippen LogP contribution in [0.25, 0.3) is 0 Å². The second-order valence-corrected chi connectivity index (χ2v) is 4.97. The van der Waals surface area contributed by atoms with Crippen LogP contribution < -0.4 is 4.90 Å². The van der Waals surface area contributed by atoms with Gasteiger partial charge in [0.05, 0.1) is 0 Å². The van der Waals surface area contributed by atoms with E-state index in [-0.39, 0.29) is 0 Å². The third kappa shape index (κ3) is 2.23. The lowest BCUT2D eigenvalue weighted by Crippen LogP contribution is -2.34. The molecule has 0 spiro atoms. The van der Waals surface area contributed by atoms with E-state index in [4.69, 9.17) is 0 Å². The Kier molecular flexibility index (Phi) is 3.00. The molecular formula is C14H18N4. The lowest BCUT2D eigenvalue weighted by Gasteiger charge is -2.34. The zero-order valence-electron chi connectivity index (χ0n) is 10.7.